The van der Waals surface area contributed by atoms with E-state index in [1.807, 2.05) is 0 Å². The Kier molecular flexibility index (Phi) is 46.0. The van der Waals surface area contributed by atoms with Gasteiger partial charge in [-0.1, -0.05) is 231 Å². The molecule has 0 aromatic rings. The molecule has 0 fully saturated rings. The third-order valence-electron chi connectivity index (χ3n) is 11.9. The lowest BCUT2D eigenvalue weighted by atomic mass is 9.87. The topological polar surface area (TPSA) is 52.0 Å². The van der Waals surface area contributed by atoms with Gasteiger partial charge >= 0.3 is 0 Å². The second-order valence-electron chi connectivity index (χ2n) is 17.0. The lowest BCUT2D eigenvalue weighted by molar-refractivity contribution is 0.341. The van der Waals surface area contributed by atoms with Crippen LogP contribution in [0.1, 0.15) is 271 Å². The van der Waals surface area contributed by atoms with Crippen LogP contribution < -0.4 is 11.5 Å². The molecule has 0 saturated heterocycles. The minimum Gasteiger partial charge on any atom is -0.330 e. The van der Waals surface area contributed by atoms with E-state index < -0.39 is 0 Å². The van der Waals surface area contributed by atoms with Gasteiger partial charge in [0.1, 0.15) is 0 Å². The van der Waals surface area contributed by atoms with Crippen LogP contribution >= 0.6 is 0 Å². The Bertz CT molecular complexity index is 626. The number of allylic oxidation sites excluding steroid dienone is 4. The van der Waals surface area contributed by atoms with E-state index in [2.05, 4.69) is 38.2 Å². The van der Waals surface area contributed by atoms with Crippen LogP contribution in [-0.4, -0.2) is 13.1 Å². The number of nitrogens with two attached hydrogens (primary N) is 2. The number of hydrogen-bond donors (Lipinski definition) is 2. The molecule has 0 amide bonds. The largest absolute Gasteiger partial charge is 0.330 e. The van der Waals surface area contributed by atoms with Crippen molar-refractivity contribution in [1.29, 1.82) is 0 Å². The predicted molar refractivity (Wildman–Crippen MR) is 239 cm³/mol. The summed E-state index contributed by atoms with van der Waals surface area (Å²) >= 11 is 0. The van der Waals surface area contributed by atoms with Gasteiger partial charge in [-0.15, -0.1) is 0 Å². The Morgan fingerprint density at radius 1 is 0.269 bits per heavy atom. The van der Waals surface area contributed by atoms with Crippen molar-refractivity contribution in [3.63, 3.8) is 0 Å². The van der Waals surface area contributed by atoms with Gasteiger partial charge in [-0.3, -0.25) is 0 Å². The fraction of sp³-hybridized carbons (Fsp3) is 0.920. The highest BCUT2D eigenvalue weighted by Gasteiger charge is 2.12. The molecule has 2 heteroatoms. The van der Waals surface area contributed by atoms with Gasteiger partial charge < -0.3 is 11.5 Å². The first-order valence-corrected chi connectivity index (χ1v) is 24.5. The summed E-state index contributed by atoms with van der Waals surface area (Å²) in [6, 6.07) is 0. The zero-order chi connectivity index (χ0) is 37.7. The van der Waals surface area contributed by atoms with E-state index in [1.165, 1.54) is 257 Å². The van der Waals surface area contributed by atoms with Gasteiger partial charge in [0.25, 0.3) is 0 Å². The third kappa shape index (κ3) is 42.1. The molecule has 0 saturated carbocycles. The maximum Gasteiger partial charge on any atom is -0.00773 e. The monoisotopic (exact) mass is 729 g/mol. The molecule has 52 heavy (non-hydrogen) atoms. The van der Waals surface area contributed by atoms with E-state index >= 15 is 0 Å². The summed E-state index contributed by atoms with van der Waals surface area (Å²) in [7, 11) is 0. The van der Waals surface area contributed by atoms with Crippen molar-refractivity contribution in [2.24, 2.45) is 23.3 Å². The smallest absolute Gasteiger partial charge is 0.00773 e. The lowest BCUT2D eigenvalue weighted by Gasteiger charge is -2.19. The number of unbranched alkanes of at least 4 members (excludes halogenated alkanes) is 27. The second-order valence-corrected chi connectivity index (χ2v) is 17.0. The summed E-state index contributed by atoms with van der Waals surface area (Å²) < 4.78 is 0. The molecule has 0 aliphatic rings. The molecule has 2 atom stereocenters. The van der Waals surface area contributed by atoms with Crippen molar-refractivity contribution < 1.29 is 0 Å². The van der Waals surface area contributed by atoms with Crippen LogP contribution in [0, 0.1) is 11.8 Å². The van der Waals surface area contributed by atoms with Crippen LogP contribution in [0.3, 0.4) is 0 Å². The van der Waals surface area contributed by atoms with Crippen LogP contribution in [0.5, 0.6) is 0 Å². The Hall–Kier alpha value is -0.600. The van der Waals surface area contributed by atoms with Crippen molar-refractivity contribution in [1.82, 2.24) is 0 Å². The molecular formula is C50H100N2. The minimum atomic E-state index is 0.863. The van der Waals surface area contributed by atoms with E-state index in [4.69, 9.17) is 11.5 Å². The predicted octanol–water partition coefficient (Wildman–Crippen LogP) is 16.9. The zero-order valence-corrected chi connectivity index (χ0v) is 36.3. The van der Waals surface area contributed by atoms with Crippen LogP contribution in [0.15, 0.2) is 24.3 Å². The Morgan fingerprint density at radius 2 is 0.481 bits per heavy atom. The standard InChI is InChI=1S/C50H100N2/c1-3-5-7-9-11-13-15-17-19-21-23-25-27-29-31-33-41-49(45-37-39-47-51)43-35-36-44-50(46-38-40-48-52)42-34-32-30-28-26-24-22-20-18-16-14-12-10-8-6-4-2/h17-20,49-50H,3-16,21-48,51-52H2,1-2H3/b19-17-,20-18-. The van der Waals surface area contributed by atoms with Crippen LogP contribution in [0.25, 0.3) is 0 Å². The van der Waals surface area contributed by atoms with Crippen molar-refractivity contribution in [3.05, 3.63) is 24.3 Å². The van der Waals surface area contributed by atoms with Crippen molar-refractivity contribution in [2.75, 3.05) is 13.1 Å². The molecule has 0 aliphatic heterocycles. The molecule has 0 heterocycles. The van der Waals surface area contributed by atoms with Crippen LogP contribution in [0.2, 0.25) is 0 Å². The van der Waals surface area contributed by atoms with Gasteiger partial charge in [-0.25, -0.2) is 0 Å². The molecule has 0 bridgehead atoms. The molecule has 310 valence electrons. The average molecular weight is 729 g/mol. The molecule has 0 aromatic carbocycles. The summed E-state index contributed by atoms with van der Waals surface area (Å²) in [5, 5.41) is 0. The molecular weight excluding hydrogens is 629 g/mol. The van der Waals surface area contributed by atoms with Gasteiger partial charge in [0.2, 0.25) is 0 Å². The zero-order valence-electron chi connectivity index (χ0n) is 36.3. The Balaban J connectivity index is 4.03. The number of hydrogen-bond acceptors (Lipinski definition) is 2. The molecule has 0 aromatic heterocycles. The SMILES string of the molecule is CCCCCCCC/C=C\CCCCCCCCC(CCCCN)CCCCC(CCCCN)CCCCCCCC/C=C\CCCCCCCC. The van der Waals surface area contributed by atoms with Gasteiger partial charge in [0.05, 0.1) is 0 Å². The highest BCUT2D eigenvalue weighted by molar-refractivity contribution is 4.82. The molecule has 0 rings (SSSR count). The first-order chi connectivity index (χ1) is 25.8. The van der Waals surface area contributed by atoms with Gasteiger partial charge in [-0.2, -0.15) is 0 Å². The molecule has 0 spiro atoms. The summed E-state index contributed by atoms with van der Waals surface area (Å²) in [5.74, 6) is 1.88. The normalized spacial score (nSPS) is 13.2. The van der Waals surface area contributed by atoms with Crippen molar-refractivity contribution in [2.45, 2.75) is 271 Å². The minimum absolute atomic E-state index is 0.863. The Morgan fingerprint density at radius 3 is 0.750 bits per heavy atom. The van der Waals surface area contributed by atoms with E-state index in [9.17, 15) is 0 Å². The summed E-state index contributed by atoms with van der Waals surface area (Å²) in [4.78, 5) is 0. The molecule has 0 aliphatic carbocycles. The van der Waals surface area contributed by atoms with E-state index in [-0.39, 0.29) is 0 Å². The number of rotatable bonds is 45. The summed E-state index contributed by atoms with van der Waals surface area (Å²) in [5.41, 5.74) is 11.7. The summed E-state index contributed by atoms with van der Waals surface area (Å²) in [6.45, 7) is 6.33. The van der Waals surface area contributed by atoms with Crippen molar-refractivity contribution in [3.8, 4) is 0 Å². The lowest BCUT2D eigenvalue weighted by Crippen LogP contribution is -2.06. The highest BCUT2D eigenvalue weighted by atomic mass is 14.5. The molecule has 4 N–H and O–H groups in total. The van der Waals surface area contributed by atoms with Gasteiger partial charge in [0, 0.05) is 0 Å². The Labute approximate surface area is 330 Å². The molecule has 2 nitrogen and oxygen atoms in total. The summed E-state index contributed by atoms with van der Waals surface area (Å²) in [6.07, 6.45) is 65.7. The third-order valence-corrected chi connectivity index (χ3v) is 11.9. The fourth-order valence-corrected chi connectivity index (χ4v) is 8.25. The molecule has 2 unspecified atom stereocenters. The second kappa shape index (κ2) is 46.6. The van der Waals surface area contributed by atoms with Gasteiger partial charge in [-0.05, 0) is 89.1 Å². The average Bonchev–Trinajstić information content (AvgIpc) is 3.15. The first kappa shape index (κ1) is 51.4. The van der Waals surface area contributed by atoms with Gasteiger partial charge in [0.15, 0.2) is 0 Å². The fourth-order valence-electron chi connectivity index (χ4n) is 8.25. The first-order valence-electron chi connectivity index (χ1n) is 24.5. The maximum atomic E-state index is 5.86. The van der Waals surface area contributed by atoms with E-state index in [1.54, 1.807) is 0 Å². The maximum absolute atomic E-state index is 5.86. The van der Waals surface area contributed by atoms with E-state index in [0.717, 1.165) is 24.9 Å². The highest BCUT2D eigenvalue weighted by Crippen LogP contribution is 2.27. The van der Waals surface area contributed by atoms with Crippen molar-refractivity contribution >= 4 is 0 Å². The van der Waals surface area contributed by atoms with Crippen LogP contribution in [0.4, 0.5) is 0 Å². The van der Waals surface area contributed by atoms with Crippen LogP contribution in [-0.2, 0) is 0 Å². The van der Waals surface area contributed by atoms with E-state index in [0.29, 0.717) is 0 Å². The molecule has 0 radical (unpaired) electrons. The quantitative estimate of drug-likeness (QED) is 0.0484.